The third kappa shape index (κ3) is 6.58. The highest BCUT2D eigenvalue weighted by molar-refractivity contribution is 7.99. The first kappa shape index (κ1) is 24.3. The van der Waals surface area contributed by atoms with Crippen molar-refractivity contribution in [1.29, 1.82) is 0 Å². The van der Waals surface area contributed by atoms with Crippen molar-refractivity contribution in [2.75, 3.05) is 17.7 Å². The van der Waals surface area contributed by atoms with Gasteiger partial charge in [0.15, 0.2) is 11.0 Å². The van der Waals surface area contributed by atoms with Gasteiger partial charge in [0.25, 0.3) is 0 Å². The van der Waals surface area contributed by atoms with E-state index in [-0.39, 0.29) is 18.3 Å². The number of aryl methyl sites for hydroxylation is 2. The van der Waals surface area contributed by atoms with Crippen molar-refractivity contribution in [2.45, 2.75) is 39.0 Å². The van der Waals surface area contributed by atoms with Crippen LogP contribution in [0, 0.1) is 13.8 Å². The molecule has 3 aromatic rings. The molecule has 0 spiro atoms. The molecule has 9 heteroatoms. The molecule has 0 aliphatic carbocycles. The number of carbonyl (C=O) groups is 2. The van der Waals surface area contributed by atoms with Gasteiger partial charge in [0.05, 0.1) is 17.9 Å². The third-order valence-corrected chi connectivity index (χ3v) is 5.85. The summed E-state index contributed by atoms with van der Waals surface area (Å²) in [6.45, 7) is 6.58. The summed E-state index contributed by atoms with van der Waals surface area (Å²) in [5, 5.41) is 11.8. The zero-order chi connectivity index (χ0) is 23.8. The van der Waals surface area contributed by atoms with Crippen LogP contribution in [0.25, 0.3) is 0 Å². The van der Waals surface area contributed by atoms with Crippen LogP contribution in [0.2, 0.25) is 0 Å². The fourth-order valence-electron chi connectivity index (χ4n) is 3.09. The number of nitrogens with one attached hydrogen (secondary N) is 1. The topological polar surface area (TPSA) is 95.3 Å². The Balaban J connectivity index is 1.54. The van der Waals surface area contributed by atoms with Gasteiger partial charge in [0, 0.05) is 12.7 Å². The van der Waals surface area contributed by atoms with Crippen molar-refractivity contribution >= 4 is 29.3 Å². The zero-order valence-electron chi connectivity index (χ0n) is 19.3. The Morgan fingerprint density at radius 2 is 1.82 bits per heavy atom. The predicted molar refractivity (Wildman–Crippen MR) is 128 cm³/mol. The number of benzene rings is 2. The Bertz CT molecular complexity index is 1110. The third-order valence-electron chi connectivity index (χ3n) is 4.83. The van der Waals surface area contributed by atoms with Gasteiger partial charge in [-0.15, -0.1) is 10.2 Å². The van der Waals surface area contributed by atoms with Gasteiger partial charge in [-0.05, 0) is 49.6 Å². The number of ether oxygens (including phenoxy) is 2. The molecule has 0 radical (unpaired) electrons. The van der Waals surface area contributed by atoms with Gasteiger partial charge in [0.1, 0.15) is 12.4 Å². The summed E-state index contributed by atoms with van der Waals surface area (Å²) in [5.74, 6) is 1.04. The fraction of sp³-hybridized carbons (Fsp3) is 0.333. The number of esters is 1. The number of aromatic nitrogens is 3. The van der Waals surface area contributed by atoms with Gasteiger partial charge >= 0.3 is 5.97 Å². The minimum Gasteiger partial charge on any atom is -0.485 e. The van der Waals surface area contributed by atoms with Gasteiger partial charge in [-0.2, -0.15) is 0 Å². The Kier molecular flexibility index (Phi) is 8.48. The maximum absolute atomic E-state index is 12.4. The van der Waals surface area contributed by atoms with Crippen LogP contribution >= 0.6 is 11.8 Å². The molecule has 8 nitrogen and oxygen atoms in total. The van der Waals surface area contributed by atoms with Crippen LogP contribution in [0.1, 0.15) is 40.7 Å². The lowest BCUT2D eigenvalue weighted by Gasteiger charge is -2.11. The van der Waals surface area contributed by atoms with Gasteiger partial charge in [-0.25, -0.2) is 4.79 Å². The van der Waals surface area contributed by atoms with Crippen molar-refractivity contribution < 1.29 is 19.1 Å². The van der Waals surface area contributed by atoms with E-state index >= 15 is 0 Å². The van der Waals surface area contributed by atoms with Crippen molar-refractivity contribution in [1.82, 2.24) is 14.8 Å². The number of nitrogens with zero attached hydrogens (tertiary/aromatic N) is 3. The Labute approximate surface area is 197 Å². The molecule has 2 aromatic carbocycles. The standard InChI is InChI=1S/C24H28N4O4S/c1-5-12-31-23(30)18-10-7-11-19(13-18)25-21(29)15-33-24-27-26-20(28(24)4)14-32-22-16(2)8-6-9-17(22)3/h6-11,13H,5,12,14-15H2,1-4H3,(H,25,29). The first-order valence-electron chi connectivity index (χ1n) is 10.7. The first-order chi connectivity index (χ1) is 15.9. The predicted octanol–water partition coefficient (Wildman–Crippen LogP) is 4.31. The van der Waals surface area contributed by atoms with E-state index in [1.54, 1.807) is 24.3 Å². The van der Waals surface area contributed by atoms with Gasteiger partial charge in [-0.1, -0.05) is 43.0 Å². The monoisotopic (exact) mass is 468 g/mol. The van der Waals surface area contributed by atoms with Gasteiger partial charge in [-0.3, -0.25) is 4.79 Å². The van der Waals surface area contributed by atoms with Crippen molar-refractivity contribution in [2.24, 2.45) is 7.05 Å². The lowest BCUT2D eigenvalue weighted by Crippen LogP contribution is -2.15. The summed E-state index contributed by atoms with van der Waals surface area (Å²) in [5.41, 5.74) is 3.06. The molecule has 33 heavy (non-hydrogen) atoms. The van der Waals surface area contributed by atoms with E-state index in [9.17, 15) is 9.59 Å². The Hall–Kier alpha value is -3.33. The van der Waals surface area contributed by atoms with E-state index in [0.717, 1.165) is 23.3 Å². The zero-order valence-corrected chi connectivity index (χ0v) is 20.1. The maximum atomic E-state index is 12.4. The van der Waals surface area contributed by atoms with Crippen LogP contribution in [-0.4, -0.2) is 39.0 Å². The molecule has 1 amide bonds. The molecule has 0 bridgehead atoms. The number of amides is 1. The Morgan fingerprint density at radius 1 is 1.09 bits per heavy atom. The summed E-state index contributed by atoms with van der Waals surface area (Å²) in [6.07, 6.45) is 0.751. The lowest BCUT2D eigenvalue weighted by atomic mass is 10.1. The number of anilines is 1. The summed E-state index contributed by atoms with van der Waals surface area (Å²) < 4.78 is 12.9. The second kappa shape index (κ2) is 11.5. The summed E-state index contributed by atoms with van der Waals surface area (Å²) >= 11 is 1.27. The highest BCUT2D eigenvalue weighted by atomic mass is 32.2. The second-order valence-electron chi connectivity index (χ2n) is 7.52. The molecule has 1 aromatic heterocycles. The maximum Gasteiger partial charge on any atom is 0.338 e. The first-order valence-corrected chi connectivity index (χ1v) is 11.6. The quantitative estimate of drug-likeness (QED) is 0.350. The van der Waals surface area contributed by atoms with E-state index in [4.69, 9.17) is 9.47 Å². The average Bonchev–Trinajstić information content (AvgIpc) is 3.15. The molecule has 174 valence electrons. The highest BCUT2D eigenvalue weighted by Gasteiger charge is 2.14. The Morgan fingerprint density at radius 3 is 2.55 bits per heavy atom. The molecule has 0 saturated carbocycles. The smallest absolute Gasteiger partial charge is 0.338 e. The molecule has 0 atom stereocenters. The SMILES string of the molecule is CCCOC(=O)c1cccc(NC(=O)CSc2nnc(COc3c(C)cccc3C)n2C)c1. The van der Waals surface area contributed by atoms with Crippen LogP contribution in [0.3, 0.4) is 0 Å². The van der Waals surface area contributed by atoms with E-state index < -0.39 is 5.97 Å². The largest absolute Gasteiger partial charge is 0.485 e. The molecular weight excluding hydrogens is 440 g/mol. The van der Waals surface area contributed by atoms with E-state index in [1.807, 2.05) is 50.6 Å². The fourth-order valence-corrected chi connectivity index (χ4v) is 3.82. The number of thioether (sulfide) groups is 1. The van der Waals surface area contributed by atoms with Crippen molar-refractivity contribution in [3.05, 3.63) is 65.0 Å². The molecule has 0 saturated heterocycles. The van der Waals surface area contributed by atoms with Crippen LogP contribution < -0.4 is 10.1 Å². The summed E-state index contributed by atoms with van der Waals surface area (Å²) in [4.78, 5) is 24.4. The molecule has 0 aliphatic heterocycles. The van der Waals surface area contributed by atoms with Gasteiger partial charge < -0.3 is 19.4 Å². The van der Waals surface area contributed by atoms with Crippen molar-refractivity contribution in [3.63, 3.8) is 0 Å². The average molecular weight is 469 g/mol. The molecule has 1 N–H and O–H groups in total. The summed E-state index contributed by atoms with van der Waals surface area (Å²) in [7, 11) is 1.84. The molecule has 0 unspecified atom stereocenters. The second-order valence-corrected chi connectivity index (χ2v) is 8.46. The number of carbonyl (C=O) groups excluding carboxylic acids is 2. The van der Waals surface area contributed by atoms with Crippen LogP contribution in [0.4, 0.5) is 5.69 Å². The van der Waals surface area contributed by atoms with E-state index in [0.29, 0.717) is 28.8 Å². The van der Waals surface area contributed by atoms with Crippen LogP contribution in [0.5, 0.6) is 5.75 Å². The van der Waals surface area contributed by atoms with E-state index in [2.05, 4.69) is 15.5 Å². The van der Waals surface area contributed by atoms with Gasteiger partial charge in [0.2, 0.25) is 5.91 Å². The number of hydrogen-bond donors (Lipinski definition) is 1. The number of hydrogen-bond acceptors (Lipinski definition) is 7. The number of para-hydroxylation sites is 1. The molecular formula is C24H28N4O4S. The minimum absolute atomic E-state index is 0.147. The molecule has 0 aliphatic rings. The minimum atomic E-state index is -0.406. The van der Waals surface area contributed by atoms with E-state index in [1.165, 1.54) is 11.8 Å². The highest BCUT2D eigenvalue weighted by Crippen LogP contribution is 2.24. The molecule has 3 rings (SSSR count). The summed E-state index contributed by atoms with van der Waals surface area (Å²) in [6, 6.07) is 12.7. The molecule has 0 fully saturated rings. The molecule has 1 heterocycles. The number of rotatable bonds is 10. The lowest BCUT2D eigenvalue weighted by molar-refractivity contribution is -0.113. The van der Waals surface area contributed by atoms with Crippen LogP contribution in [-0.2, 0) is 23.2 Å². The van der Waals surface area contributed by atoms with Crippen molar-refractivity contribution in [3.8, 4) is 5.75 Å². The van der Waals surface area contributed by atoms with Crippen LogP contribution in [0.15, 0.2) is 47.6 Å². The normalized spacial score (nSPS) is 10.7.